The monoisotopic (exact) mass is 335 g/mol. The Kier molecular flexibility index (Phi) is 4.95. The van der Waals surface area contributed by atoms with E-state index in [1.807, 2.05) is 34.9 Å². The van der Waals surface area contributed by atoms with Crippen molar-refractivity contribution in [2.45, 2.75) is 25.9 Å². The van der Waals surface area contributed by atoms with Crippen molar-refractivity contribution in [3.63, 3.8) is 0 Å². The number of fused-ring (bicyclic) bond motifs is 1. The Morgan fingerprint density at radius 2 is 2.22 bits per heavy atom. The van der Waals surface area contributed by atoms with Crippen molar-refractivity contribution in [2.75, 3.05) is 24.6 Å². The van der Waals surface area contributed by atoms with Gasteiger partial charge in [-0.15, -0.1) is 0 Å². The first-order valence-electron chi connectivity index (χ1n) is 7.87. The molecule has 124 valence electrons. The van der Waals surface area contributed by atoms with E-state index in [0.29, 0.717) is 18.7 Å². The zero-order chi connectivity index (χ0) is 16.2. The van der Waals surface area contributed by atoms with Gasteiger partial charge in [0, 0.05) is 31.4 Å². The van der Waals surface area contributed by atoms with E-state index in [1.54, 1.807) is 10.6 Å². The number of benzene rings is 1. The van der Waals surface area contributed by atoms with E-state index in [4.69, 9.17) is 4.42 Å². The molecule has 0 bridgehead atoms. The molecule has 2 amide bonds. The van der Waals surface area contributed by atoms with Gasteiger partial charge in [-0.1, -0.05) is 12.1 Å². The number of carbonyl (C=O) groups excluding carboxylic acids is 1. The first-order chi connectivity index (χ1) is 11.2. The standard InChI is InChI=1S/C16H21N3O3S/c1-12-6-10-23-11-9-18(12)15(20)17-7-8-19-13-4-2-3-5-14(13)22-16(19)21/h2-5,12H,6-11H2,1H3,(H,17,20)/t12-/m1/s1. The Labute approximate surface area is 138 Å². The van der Waals surface area contributed by atoms with Crippen LogP contribution in [-0.2, 0) is 6.54 Å². The average molecular weight is 335 g/mol. The Hall–Kier alpha value is -1.89. The van der Waals surface area contributed by atoms with Gasteiger partial charge >= 0.3 is 11.8 Å². The number of hydrogen-bond acceptors (Lipinski definition) is 4. The number of amides is 2. The largest absolute Gasteiger partial charge is 0.420 e. The number of nitrogens with one attached hydrogen (secondary N) is 1. The van der Waals surface area contributed by atoms with E-state index in [1.165, 1.54) is 0 Å². The van der Waals surface area contributed by atoms with Crippen molar-refractivity contribution in [1.82, 2.24) is 14.8 Å². The molecule has 1 aliphatic rings. The predicted octanol–water partition coefficient (Wildman–Crippen LogP) is 2.13. The summed E-state index contributed by atoms with van der Waals surface area (Å²) in [4.78, 5) is 26.1. The van der Waals surface area contributed by atoms with E-state index >= 15 is 0 Å². The maximum atomic E-state index is 12.3. The van der Waals surface area contributed by atoms with E-state index in [-0.39, 0.29) is 17.8 Å². The molecule has 3 rings (SSSR count). The summed E-state index contributed by atoms with van der Waals surface area (Å²) in [7, 11) is 0. The van der Waals surface area contributed by atoms with Gasteiger partial charge in [-0.05, 0) is 31.2 Å². The normalized spacial score (nSPS) is 18.8. The fourth-order valence-corrected chi connectivity index (χ4v) is 3.84. The zero-order valence-corrected chi connectivity index (χ0v) is 14.0. The van der Waals surface area contributed by atoms with Crippen molar-refractivity contribution in [3.05, 3.63) is 34.8 Å². The molecule has 1 aromatic carbocycles. The number of carbonyl (C=O) groups is 1. The predicted molar refractivity (Wildman–Crippen MR) is 92.0 cm³/mol. The fourth-order valence-electron chi connectivity index (χ4n) is 2.80. The summed E-state index contributed by atoms with van der Waals surface area (Å²) in [5.41, 5.74) is 1.33. The summed E-state index contributed by atoms with van der Waals surface area (Å²) in [5, 5.41) is 2.92. The van der Waals surface area contributed by atoms with Crippen LogP contribution in [-0.4, -0.2) is 46.1 Å². The molecule has 0 saturated carbocycles. The number of nitrogens with zero attached hydrogens (tertiary/aromatic N) is 2. The van der Waals surface area contributed by atoms with Crippen molar-refractivity contribution in [3.8, 4) is 0 Å². The van der Waals surface area contributed by atoms with Gasteiger partial charge in [-0.2, -0.15) is 11.8 Å². The van der Waals surface area contributed by atoms with Gasteiger partial charge < -0.3 is 14.6 Å². The summed E-state index contributed by atoms with van der Waals surface area (Å²) in [6, 6.07) is 7.50. The van der Waals surface area contributed by atoms with Crippen LogP contribution in [0.3, 0.4) is 0 Å². The minimum Gasteiger partial charge on any atom is -0.408 e. The zero-order valence-electron chi connectivity index (χ0n) is 13.2. The summed E-state index contributed by atoms with van der Waals surface area (Å²) < 4.78 is 6.74. The number of thioether (sulfide) groups is 1. The molecule has 2 aromatic rings. The molecule has 0 radical (unpaired) electrons. The third-order valence-electron chi connectivity index (χ3n) is 4.13. The Morgan fingerprint density at radius 1 is 1.39 bits per heavy atom. The van der Waals surface area contributed by atoms with Crippen LogP contribution in [0.25, 0.3) is 11.1 Å². The highest BCUT2D eigenvalue weighted by molar-refractivity contribution is 7.99. The molecule has 1 N–H and O–H groups in total. The van der Waals surface area contributed by atoms with Gasteiger partial charge in [0.25, 0.3) is 0 Å². The molecule has 6 nitrogen and oxygen atoms in total. The topological polar surface area (TPSA) is 67.5 Å². The lowest BCUT2D eigenvalue weighted by atomic mass is 10.2. The van der Waals surface area contributed by atoms with Gasteiger partial charge in [0.2, 0.25) is 0 Å². The minimum absolute atomic E-state index is 0.0548. The molecule has 1 aromatic heterocycles. The van der Waals surface area contributed by atoms with Crippen molar-refractivity contribution in [1.29, 1.82) is 0 Å². The second-order valence-electron chi connectivity index (χ2n) is 5.66. The van der Waals surface area contributed by atoms with Gasteiger partial charge in [0.1, 0.15) is 0 Å². The summed E-state index contributed by atoms with van der Waals surface area (Å²) in [6.45, 7) is 3.66. The number of para-hydroxylation sites is 2. The van der Waals surface area contributed by atoms with Crippen LogP contribution in [0.4, 0.5) is 4.79 Å². The van der Waals surface area contributed by atoms with Crippen LogP contribution in [0.15, 0.2) is 33.5 Å². The number of urea groups is 1. The first kappa shape index (κ1) is 16.0. The Morgan fingerprint density at radius 3 is 3.09 bits per heavy atom. The third-order valence-corrected chi connectivity index (χ3v) is 5.13. The second kappa shape index (κ2) is 7.12. The maximum absolute atomic E-state index is 12.3. The average Bonchev–Trinajstić information content (AvgIpc) is 2.70. The van der Waals surface area contributed by atoms with Gasteiger partial charge in [-0.25, -0.2) is 9.59 Å². The van der Waals surface area contributed by atoms with E-state index < -0.39 is 0 Å². The Bertz CT molecular complexity index is 739. The van der Waals surface area contributed by atoms with Crippen LogP contribution in [0.1, 0.15) is 13.3 Å². The number of rotatable bonds is 3. The molecule has 7 heteroatoms. The number of hydrogen-bond donors (Lipinski definition) is 1. The van der Waals surface area contributed by atoms with Crippen molar-refractivity contribution >= 4 is 28.9 Å². The second-order valence-corrected chi connectivity index (χ2v) is 6.89. The van der Waals surface area contributed by atoms with Crippen molar-refractivity contribution < 1.29 is 9.21 Å². The van der Waals surface area contributed by atoms with Gasteiger partial charge in [0.05, 0.1) is 5.52 Å². The van der Waals surface area contributed by atoms with Gasteiger partial charge in [0.15, 0.2) is 5.58 Å². The molecule has 0 unspecified atom stereocenters. The van der Waals surface area contributed by atoms with Crippen LogP contribution in [0.5, 0.6) is 0 Å². The lowest BCUT2D eigenvalue weighted by molar-refractivity contribution is 0.182. The number of aromatic nitrogens is 1. The van der Waals surface area contributed by atoms with Crippen LogP contribution < -0.4 is 11.1 Å². The molecular weight excluding hydrogens is 314 g/mol. The van der Waals surface area contributed by atoms with Crippen LogP contribution in [0, 0.1) is 0 Å². The molecular formula is C16H21N3O3S. The molecule has 1 atom stereocenters. The molecule has 0 spiro atoms. The summed E-state index contributed by atoms with van der Waals surface area (Å²) in [5.74, 6) is 1.69. The summed E-state index contributed by atoms with van der Waals surface area (Å²) >= 11 is 1.89. The quantitative estimate of drug-likeness (QED) is 0.933. The van der Waals surface area contributed by atoms with Crippen molar-refractivity contribution in [2.24, 2.45) is 0 Å². The summed E-state index contributed by atoms with van der Waals surface area (Å²) in [6.07, 6.45) is 1.02. The fraction of sp³-hybridized carbons (Fsp3) is 0.500. The maximum Gasteiger partial charge on any atom is 0.420 e. The highest BCUT2D eigenvalue weighted by Gasteiger charge is 2.21. The molecule has 0 aliphatic carbocycles. The van der Waals surface area contributed by atoms with Crippen LogP contribution >= 0.6 is 11.8 Å². The minimum atomic E-state index is -0.389. The van der Waals surface area contributed by atoms with Crippen LogP contribution in [0.2, 0.25) is 0 Å². The molecule has 2 heterocycles. The molecule has 1 saturated heterocycles. The lowest BCUT2D eigenvalue weighted by Crippen LogP contribution is -2.46. The smallest absolute Gasteiger partial charge is 0.408 e. The van der Waals surface area contributed by atoms with Gasteiger partial charge in [-0.3, -0.25) is 4.57 Å². The highest BCUT2D eigenvalue weighted by atomic mass is 32.2. The Balaban J connectivity index is 1.61. The molecule has 1 aliphatic heterocycles. The molecule has 1 fully saturated rings. The highest BCUT2D eigenvalue weighted by Crippen LogP contribution is 2.16. The first-order valence-corrected chi connectivity index (χ1v) is 9.03. The molecule has 23 heavy (non-hydrogen) atoms. The number of oxazole rings is 1. The third kappa shape index (κ3) is 3.55. The van der Waals surface area contributed by atoms with E-state index in [9.17, 15) is 9.59 Å². The lowest BCUT2D eigenvalue weighted by Gasteiger charge is -2.27. The van der Waals surface area contributed by atoms with E-state index in [2.05, 4.69) is 12.2 Å². The van der Waals surface area contributed by atoms with E-state index in [0.717, 1.165) is 30.0 Å². The SMILES string of the molecule is C[C@@H]1CCSCCN1C(=O)NCCn1c(=O)oc2ccccc21.